The number of amides is 1. The second-order valence-electron chi connectivity index (χ2n) is 6.09. The van der Waals surface area contributed by atoms with E-state index in [0.29, 0.717) is 5.82 Å². The van der Waals surface area contributed by atoms with Crippen molar-refractivity contribution in [2.75, 3.05) is 13.6 Å². The molecule has 0 fully saturated rings. The molecule has 2 aromatic rings. The third kappa shape index (κ3) is 4.38. The first-order valence-corrected chi connectivity index (χ1v) is 8.02. The van der Waals surface area contributed by atoms with Crippen molar-refractivity contribution in [3.8, 4) is 0 Å². The summed E-state index contributed by atoms with van der Waals surface area (Å²) in [4.78, 5) is 13.6. The van der Waals surface area contributed by atoms with Gasteiger partial charge in [0.1, 0.15) is 0 Å². The maximum atomic E-state index is 11.7. The maximum absolute atomic E-state index is 11.7. The highest BCUT2D eigenvalue weighted by atomic mass is 16.1. The first-order valence-electron chi connectivity index (χ1n) is 8.02. The molecule has 0 spiro atoms. The van der Waals surface area contributed by atoms with Crippen molar-refractivity contribution in [3.05, 3.63) is 67.0 Å². The average molecular weight is 323 g/mol. The Morgan fingerprint density at radius 2 is 1.79 bits per heavy atom. The molecule has 0 radical (unpaired) electrons. The summed E-state index contributed by atoms with van der Waals surface area (Å²) in [5.74, 6) is 0.572. The van der Waals surface area contributed by atoms with Gasteiger partial charge in [0, 0.05) is 18.8 Å². The minimum atomic E-state index is -0.0594. The van der Waals surface area contributed by atoms with Gasteiger partial charge in [0.05, 0.1) is 12.4 Å². The van der Waals surface area contributed by atoms with E-state index in [4.69, 9.17) is 0 Å². The van der Waals surface area contributed by atoms with Gasteiger partial charge in [-0.2, -0.15) is 0 Å². The van der Waals surface area contributed by atoms with Crippen LogP contribution in [-0.4, -0.2) is 30.4 Å². The maximum Gasteiger partial charge on any atom is 0.239 e. The molecule has 4 heteroatoms. The molecule has 0 aromatic heterocycles. The van der Waals surface area contributed by atoms with E-state index in [1.54, 1.807) is 0 Å². The quantitative estimate of drug-likeness (QED) is 0.821. The van der Waals surface area contributed by atoms with Crippen LogP contribution in [0.3, 0.4) is 0 Å². The molecule has 0 unspecified atom stereocenters. The lowest BCUT2D eigenvalue weighted by molar-refractivity contribution is -0.120. The summed E-state index contributed by atoms with van der Waals surface area (Å²) < 4.78 is 0. The van der Waals surface area contributed by atoms with Gasteiger partial charge in [-0.15, -0.1) is 0 Å². The zero-order valence-corrected chi connectivity index (χ0v) is 14.6. The number of nitrogens with one attached hydrogen (secondary N) is 2. The molecule has 4 nitrogen and oxygen atoms in total. The van der Waals surface area contributed by atoms with E-state index in [2.05, 4.69) is 48.1 Å². The van der Waals surface area contributed by atoms with E-state index in [1.165, 1.54) is 10.8 Å². The summed E-state index contributed by atoms with van der Waals surface area (Å²) in [5, 5.41) is 8.23. The molecule has 2 N–H and O–H groups in total. The zero-order chi connectivity index (χ0) is 17.7. The van der Waals surface area contributed by atoms with Gasteiger partial charge >= 0.3 is 0 Å². The van der Waals surface area contributed by atoms with Crippen LogP contribution in [0.4, 0.5) is 0 Å². The van der Waals surface area contributed by atoms with Gasteiger partial charge in [-0.1, -0.05) is 49.6 Å². The van der Waals surface area contributed by atoms with Gasteiger partial charge in [0.2, 0.25) is 5.91 Å². The Labute approximate surface area is 143 Å². The van der Waals surface area contributed by atoms with Crippen molar-refractivity contribution in [1.82, 2.24) is 15.5 Å². The molecule has 0 saturated heterocycles. The van der Waals surface area contributed by atoms with Crippen molar-refractivity contribution in [2.45, 2.75) is 19.9 Å². The molecule has 1 amide bonds. The topological polar surface area (TPSA) is 44.4 Å². The summed E-state index contributed by atoms with van der Waals surface area (Å²) in [6.07, 6.45) is 0. The van der Waals surface area contributed by atoms with Gasteiger partial charge in [-0.3, -0.25) is 4.79 Å². The number of fused-ring (bicyclic) bond motifs is 1. The number of carbonyl (C=O) groups is 1. The number of rotatable bonds is 7. The Bertz CT molecular complexity index is 764. The van der Waals surface area contributed by atoms with Crippen LogP contribution >= 0.6 is 0 Å². The summed E-state index contributed by atoms with van der Waals surface area (Å²) in [5.41, 5.74) is 1.84. The van der Waals surface area contributed by atoms with E-state index in [-0.39, 0.29) is 18.5 Å². The van der Waals surface area contributed by atoms with E-state index in [0.717, 1.165) is 11.3 Å². The first kappa shape index (κ1) is 17.6. The Hall–Kier alpha value is -2.75. The molecule has 0 saturated carbocycles. The van der Waals surface area contributed by atoms with Crippen LogP contribution in [0.5, 0.6) is 0 Å². The Kier molecular flexibility index (Phi) is 5.64. The summed E-state index contributed by atoms with van der Waals surface area (Å²) >= 11 is 0. The molecular formula is C20H25N3O. The van der Waals surface area contributed by atoms with E-state index >= 15 is 0 Å². The molecule has 126 valence electrons. The monoisotopic (exact) mass is 323 g/mol. The largest absolute Gasteiger partial charge is 0.363 e. The van der Waals surface area contributed by atoms with Crippen LogP contribution < -0.4 is 10.6 Å². The van der Waals surface area contributed by atoms with Crippen molar-refractivity contribution >= 4 is 22.4 Å². The van der Waals surface area contributed by atoms with Crippen LogP contribution in [0, 0.1) is 0 Å². The number of hydrogen-bond donors (Lipinski definition) is 2. The fourth-order valence-corrected chi connectivity index (χ4v) is 2.40. The molecule has 2 rings (SSSR count). The fraction of sp³-hybridized carbons (Fsp3) is 0.250. The second kappa shape index (κ2) is 7.68. The van der Waals surface area contributed by atoms with Crippen molar-refractivity contribution in [2.24, 2.45) is 0 Å². The fourth-order valence-electron chi connectivity index (χ4n) is 2.40. The van der Waals surface area contributed by atoms with Crippen molar-refractivity contribution < 1.29 is 4.79 Å². The molecule has 2 aromatic carbocycles. The van der Waals surface area contributed by atoms with E-state index in [1.807, 2.05) is 44.0 Å². The van der Waals surface area contributed by atoms with Crippen LogP contribution in [-0.2, 0) is 4.79 Å². The molecule has 0 aliphatic carbocycles. The van der Waals surface area contributed by atoms with E-state index < -0.39 is 0 Å². The van der Waals surface area contributed by atoms with Gasteiger partial charge in [-0.25, -0.2) is 0 Å². The number of nitrogens with zero attached hydrogens (tertiary/aromatic N) is 1. The molecule has 0 atom stereocenters. The highest BCUT2D eigenvalue weighted by molar-refractivity contribution is 5.86. The summed E-state index contributed by atoms with van der Waals surface area (Å²) in [7, 11) is 1.88. The molecule has 0 aliphatic rings. The Balaban J connectivity index is 2.02. The van der Waals surface area contributed by atoms with Crippen molar-refractivity contribution in [3.63, 3.8) is 0 Å². The standard InChI is InChI=1S/C20H25N3O/c1-14(2)22-20(24)13-21-16(4)23(5)15(3)18-11-10-17-8-6-7-9-19(17)12-18/h6-12,14,21H,3-4,13H2,1-2,5H3,(H,22,24). The van der Waals surface area contributed by atoms with Gasteiger partial charge in [0.15, 0.2) is 0 Å². The van der Waals surface area contributed by atoms with Gasteiger partial charge in [-0.05, 0) is 36.2 Å². The number of carbonyl (C=O) groups excluding carboxylic acids is 1. The Morgan fingerprint density at radius 3 is 2.46 bits per heavy atom. The minimum Gasteiger partial charge on any atom is -0.363 e. The minimum absolute atomic E-state index is 0.0594. The lowest BCUT2D eigenvalue weighted by atomic mass is 10.1. The summed E-state index contributed by atoms with van der Waals surface area (Å²) in [6, 6.07) is 14.6. The second-order valence-corrected chi connectivity index (χ2v) is 6.09. The zero-order valence-electron chi connectivity index (χ0n) is 14.6. The highest BCUT2D eigenvalue weighted by Crippen LogP contribution is 2.23. The third-order valence-electron chi connectivity index (χ3n) is 3.80. The van der Waals surface area contributed by atoms with Crippen LogP contribution in [0.1, 0.15) is 19.4 Å². The van der Waals surface area contributed by atoms with Gasteiger partial charge in [0.25, 0.3) is 0 Å². The lowest BCUT2D eigenvalue weighted by Gasteiger charge is -2.25. The lowest BCUT2D eigenvalue weighted by Crippen LogP contribution is -2.39. The predicted octanol–water partition coefficient (Wildman–Crippen LogP) is 3.33. The third-order valence-corrected chi connectivity index (χ3v) is 3.80. The smallest absolute Gasteiger partial charge is 0.239 e. The Morgan fingerprint density at radius 1 is 1.12 bits per heavy atom. The van der Waals surface area contributed by atoms with Crippen LogP contribution in [0.15, 0.2) is 61.4 Å². The molecule has 0 bridgehead atoms. The predicted molar refractivity (Wildman–Crippen MR) is 101 cm³/mol. The molecule has 24 heavy (non-hydrogen) atoms. The van der Waals surface area contributed by atoms with E-state index in [9.17, 15) is 4.79 Å². The first-order chi connectivity index (χ1) is 11.4. The molecular weight excluding hydrogens is 298 g/mol. The summed E-state index contributed by atoms with van der Waals surface area (Å²) in [6.45, 7) is 12.2. The molecule has 0 aliphatic heterocycles. The number of hydrogen-bond acceptors (Lipinski definition) is 3. The van der Waals surface area contributed by atoms with Crippen LogP contribution in [0.2, 0.25) is 0 Å². The molecule has 0 heterocycles. The SMILES string of the molecule is C=C(NCC(=O)NC(C)C)N(C)C(=C)c1ccc2ccccc2c1. The average Bonchev–Trinajstić information content (AvgIpc) is 2.57. The number of benzene rings is 2. The highest BCUT2D eigenvalue weighted by Gasteiger charge is 2.10. The van der Waals surface area contributed by atoms with Gasteiger partial charge < -0.3 is 15.5 Å². The van der Waals surface area contributed by atoms with Crippen molar-refractivity contribution in [1.29, 1.82) is 0 Å². The normalized spacial score (nSPS) is 10.5. The van der Waals surface area contributed by atoms with Crippen LogP contribution in [0.25, 0.3) is 16.5 Å².